The van der Waals surface area contributed by atoms with Crippen molar-refractivity contribution >= 4 is 11.9 Å². The van der Waals surface area contributed by atoms with Gasteiger partial charge in [0.15, 0.2) is 24.1 Å². The molecule has 0 unspecified atom stereocenters. The minimum atomic E-state index is -0.150. The Kier molecular flexibility index (Phi) is 10.2. The van der Waals surface area contributed by atoms with Gasteiger partial charge in [0.1, 0.15) is 0 Å². The summed E-state index contributed by atoms with van der Waals surface area (Å²) >= 11 is 0. The zero-order valence-corrected chi connectivity index (χ0v) is 18.1. The molecule has 0 radical (unpaired) electrons. The van der Waals surface area contributed by atoms with Gasteiger partial charge in [0.2, 0.25) is 0 Å². The number of guanidine groups is 1. The smallest absolute Gasteiger partial charge is 0.257 e. The third kappa shape index (κ3) is 8.21. The molecule has 0 saturated heterocycles. The lowest BCUT2D eigenvalue weighted by Crippen LogP contribution is -2.37. The summed E-state index contributed by atoms with van der Waals surface area (Å²) < 4.78 is 11.0. The lowest BCUT2D eigenvalue weighted by molar-refractivity contribution is -0.123. The Bertz CT molecular complexity index is 657. The molecule has 1 aromatic rings. The second-order valence-corrected chi connectivity index (χ2v) is 7.37. The van der Waals surface area contributed by atoms with Crippen molar-refractivity contribution in [2.75, 3.05) is 33.9 Å². The number of carbonyl (C=O) groups excluding carboxylic acids is 1. The summed E-state index contributed by atoms with van der Waals surface area (Å²) in [4.78, 5) is 15.9. The summed E-state index contributed by atoms with van der Waals surface area (Å²) in [5.41, 5.74) is 1.04. The van der Waals surface area contributed by atoms with E-state index < -0.39 is 0 Å². The van der Waals surface area contributed by atoms with Crippen LogP contribution >= 0.6 is 0 Å². The molecular weight excluding hydrogens is 368 g/mol. The molecule has 0 heterocycles. The molecule has 162 valence electrons. The molecule has 1 fully saturated rings. The van der Waals surface area contributed by atoms with Gasteiger partial charge in [-0.05, 0) is 43.4 Å². The molecule has 0 aromatic heterocycles. The first-order chi connectivity index (χ1) is 14.2. The number of hydrogen-bond acceptors (Lipinski definition) is 4. The van der Waals surface area contributed by atoms with Gasteiger partial charge in [0, 0.05) is 26.7 Å². The number of nitrogens with zero attached hydrogens (tertiary/aromatic N) is 1. The van der Waals surface area contributed by atoms with E-state index in [1.54, 1.807) is 14.2 Å². The van der Waals surface area contributed by atoms with Crippen molar-refractivity contribution in [3.63, 3.8) is 0 Å². The zero-order valence-electron chi connectivity index (χ0n) is 18.1. The summed E-state index contributed by atoms with van der Waals surface area (Å²) in [7, 11) is 3.38. The summed E-state index contributed by atoms with van der Waals surface area (Å²) in [6.45, 7) is 3.99. The van der Waals surface area contributed by atoms with Gasteiger partial charge in [0.05, 0.1) is 7.11 Å². The van der Waals surface area contributed by atoms with E-state index in [4.69, 9.17) is 9.47 Å². The van der Waals surface area contributed by atoms with Crippen LogP contribution in [-0.2, 0) is 11.3 Å². The topological polar surface area (TPSA) is 84.0 Å². The largest absolute Gasteiger partial charge is 0.493 e. The van der Waals surface area contributed by atoms with Crippen molar-refractivity contribution < 1.29 is 14.3 Å². The highest BCUT2D eigenvalue weighted by atomic mass is 16.5. The van der Waals surface area contributed by atoms with E-state index in [1.807, 2.05) is 25.1 Å². The third-order valence-electron chi connectivity index (χ3n) is 5.20. The zero-order chi connectivity index (χ0) is 20.9. The van der Waals surface area contributed by atoms with E-state index in [0.29, 0.717) is 24.6 Å². The summed E-state index contributed by atoms with van der Waals surface area (Å²) in [5, 5.41) is 9.42. The Hall–Kier alpha value is -2.44. The van der Waals surface area contributed by atoms with Crippen LogP contribution in [0.4, 0.5) is 0 Å². The minimum Gasteiger partial charge on any atom is -0.493 e. The van der Waals surface area contributed by atoms with Gasteiger partial charge < -0.3 is 25.4 Å². The van der Waals surface area contributed by atoms with Crippen molar-refractivity contribution in [2.45, 2.75) is 52.0 Å². The normalized spacial score (nSPS) is 14.5. The molecule has 0 bridgehead atoms. The van der Waals surface area contributed by atoms with Gasteiger partial charge in [-0.1, -0.05) is 31.7 Å². The van der Waals surface area contributed by atoms with Crippen LogP contribution in [0.25, 0.3) is 0 Å². The van der Waals surface area contributed by atoms with Crippen LogP contribution in [0, 0.1) is 5.92 Å². The number of aliphatic imine (C=N–C) groups is 1. The second kappa shape index (κ2) is 12.9. The monoisotopic (exact) mass is 404 g/mol. The maximum Gasteiger partial charge on any atom is 0.257 e. The molecule has 2 rings (SSSR count). The highest BCUT2D eigenvalue weighted by Crippen LogP contribution is 2.29. The second-order valence-electron chi connectivity index (χ2n) is 7.37. The molecule has 1 aliphatic rings. The van der Waals surface area contributed by atoms with E-state index in [-0.39, 0.29) is 12.5 Å². The van der Waals surface area contributed by atoms with Gasteiger partial charge in [-0.3, -0.25) is 9.79 Å². The maximum atomic E-state index is 11.6. The van der Waals surface area contributed by atoms with Gasteiger partial charge in [-0.2, -0.15) is 0 Å². The molecule has 7 nitrogen and oxygen atoms in total. The van der Waals surface area contributed by atoms with Crippen LogP contribution in [0.15, 0.2) is 23.2 Å². The fraction of sp³-hybridized carbons (Fsp3) is 0.636. The third-order valence-corrected chi connectivity index (χ3v) is 5.20. The molecule has 0 spiro atoms. The molecule has 7 heteroatoms. The van der Waals surface area contributed by atoms with Crippen LogP contribution in [0.3, 0.4) is 0 Å². The van der Waals surface area contributed by atoms with E-state index in [1.165, 1.54) is 38.5 Å². The molecule has 1 saturated carbocycles. The molecule has 0 atom stereocenters. The Morgan fingerprint density at radius 2 is 1.97 bits per heavy atom. The van der Waals surface area contributed by atoms with Crippen molar-refractivity contribution in [1.29, 1.82) is 0 Å². The van der Waals surface area contributed by atoms with Crippen LogP contribution < -0.4 is 25.4 Å². The van der Waals surface area contributed by atoms with Crippen molar-refractivity contribution in [3.05, 3.63) is 23.8 Å². The summed E-state index contributed by atoms with van der Waals surface area (Å²) in [5.74, 6) is 2.73. The SMILES string of the molecule is CCNC(=O)COc1ccc(CNC(=NC)NCCCC2CCCC2)cc1OC. The van der Waals surface area contributed by atoms with E-state index in [0.717, 1.165) is 24.0 Å². The molecule has 1 aromatic carbocycles. The van der Waals surface area contributed by atoms with E-state index in [9.17, 15) is 4.79 Å². The number of ether oxygens (including phenoxy) is 2. The maximum absolute atomic E-state index is 11.6. The average Bonchev–Trinajstić information content (AvgIpc) is 3.25. The van der Waals surface area contributed by atoms with Crippen molar-refractivity contribution in [3.8, 4) is 11.5 Å². The highest BCUT2D eigenvalue weighted by Gasteiger charge is 2.14. The van der Waals surface area contributed by atoms with E-state index >= 15 is 0 Å². The van der Waals surface area contributed by atoms with Crippen molar-refractivity contribution in [1.82, 2.24) is 16.0 Å². The van der Waals surface area contributed by atoms with Crippen LogP contribution in [0.1, 0.15) is 51.0 Å². The fourth-order valence-corrected chi connectivity index (χ4v) is 3.64. The van der Waals surface area contributed by atoms with Gasteiger partial charge >= 0.3 is 0 Å². The molecule has 1 amide bonds. The first-order valence-electron chi connectivity index (χ1n) is 10.7. The first kappa shape index (κ1) is 22.8. The summed E-state index contributed by atoms with van der Waals surface area (Å²) in [6.07, 6.45) is 8.09. The van der Waals surface area contributed by atoms with Crippen LogP contribution in [0.2, 0.25) is 0 Å². The van der Waals surface area contributed by atoms with Crippen LogP contribution in [-0.4, -0.2) is 45.7 Å². The number of nitrogens with one attached hydrogen (secondary N) is 3. The number of likely N-dealkylation sites (N-methyl/N-ethyl adjacent to an activating group) is 1. The predicted molar refractivity (Wildman–Crippen MR) is 117 cm³/mol. The van der Waals surface area contributed by atoms with Gasteiger partial charge in [-0.25, -0.2) is 0 Å². The number of benzene rings is 1. The van der Waals surface area contributed by atoms with Crippen molar-refractivity contribution in [2.24, 2.45) is 10.9 Å². The molecular formula is C22H36N4O3. The summed E-state index contributed by atoms with van der Waals surface area (Å²) in [6, 6.07) is 5.69. The quantitative estimate of drug-likeness (QED) is 0.300. The Morgan fingerprint density at radius 3 is 2.66 bits per heavy atom. The lowest BCUT2D eigenvalue weighted by atomic mass is 10.0. The number of rotatable bonds is 11. The lowest BCUT2D eigenvalue weighted by Gasteiger charge is -2.15. The molecule has 29 heavy (non-hydrogen) atoms. The Balaban J connectivity index is 1.76. The molecule has 0 aliphatic heterocycles. The van der Waals surface area contributed by atoms with Gasteiger partial charge in [0.25, 0.3) is 5.91 Å². The molecule has 3 N–H and O–H groups in total. The number of amides is 1. The molecule has 1 aliphatic carbocycles. The number of methoxy groups -OCH3 is 1. The number of carbonyl (C=O) groups is 1. The fourth-order valence-electron chi connectivity index (χ4n) is 3.64. The standard InChI is InChI=1S/C22H36N4O3/c1-4-24-21(27)16-29-19-12-11-18(14-20(19)28-3)15-26-22(23-2)25-13-7-10-17-8-5-6-9-17/h11-12,14,17H,4-10,13,15-16H2,1-3H3,(H,24,27)(H2,23,25,26). The average molecular weight is 405 g/mol. The predicted octanol–water partition coefficient (Wildman–Crippen LogP) is 2.85. The Labute approximate surface area is 174 Å². The van der Waals surface area contributed by atoms with Crippen LogP contribution in [0.5, 0.6) is 11.5 Å². The van der Waals surface area contributed by atoms with E-state index in [2.05, 4.69) is 20.9 Å². The first-order valence-corrected chi connectivity index (χ1v) is 10.7. The number of hydrogen-bond donors (Lipinski definition) is 3. The van der Waals surface area contributed by atoms with Gasteiger partial charge in [-0.15, -0.1) is 0 Å². The Morgan fingerprint density at radius 1 is 1.17 bits per heavy atom. The highest BCUT2D eigenvalue weighted by molar-refractivity contribution is 5.79. The minimum absolute atomic E-state index is 0.0286.